The van der Waals surface area contributed by atoms with Crippen LogP contribution in [0.15, 0.2) is 54.9 Å². The Bertz CT molecular complexity index is 882. The van der Waals surface area contributed by atoms with Crippen LogP contribution in [0.1, 0.15) is 32.6 Å². The fraction of sp³-hybridized carbons (Fsp3) is 0.190. The first-order valence-electron chi connectivity index (χ1n) is 8.51. The summed E-state index contributed by atoms with van der Waals surface area (Å²) in [6.45, 7) is 6.59. The maximum absolute atomic E-state index is 12.2. The SMILES string of the molecule is Cc1ccc(CNC(=O)c2cnc(Nc3cc(C)cc(C)c3)nc2)cc1. The zero-order valence-electron chi connectivity index (χ0n) is 15.2. The van der Waals surface area contributed by atoms with Gasteiger partial charge in [-0.1, -0.05) is 35.9 Å². The number of carbonyl (C=O) groups is 1. The third kappa shape index (κ3) is 4.66. The number of aromatic nitrogens is 2. The Kier molecular flexibility index (Phi) is 5.27. The molecule has 2 aromatic carbocycles. The van der Waals surface area contributed by atoms with Gasteiger partial charge in [-0.3, -0.25) is 4.79 Å². The lowest BCUT2D eigenvalue weighted by Gasteiger charge is -2.08. The van der Waals surface area contributed by atoms with Crippen LogP contribution in [0.4, 0.5) is 11.6 Å². The fourth-order valence-corrected chi connectivity index (χ4v) is 2.68. The zero-order valence-corrected chi connectivity index (χ0v) is 15.2. The van der Waals surface area contributed by atoms with Crippen LogP contribution in [-0.2, 0) is 6.54 Å². The van der Waals surface area contributed by atoms with E-state index in [1.807, 2.05) is 57.2 Å². The summed E-state index contributed by atoms with van der Waals surface area (Å²) >= 11 is 0. The lowest BCUT2D eigenvalue weighted by atomic mass is 10.1. The van der Waals surface area contributed by atoms with Crippen LogP contribution < -0.4 is 10.6 Å². The number of nitrogens with one attached hydrogen (secondary N) is 2. The second kappa shape index (κ2) is 7.78. The van der Waals surface area contributed by atoms with E-state index in [-0.39, 0.29) is 5.91 Å². The molecule has 0 fully saturated rings. The van der Waals surface area contributed by atoms with Gasteiger partial charge < -0.3 is 10.6 Å². The molecule has 0 spiro atoms. The van der Waals surface area contributed by atoms with Gasteiger partial charge in [0.2, 0.25) is 5.95 Å². The van der Waals surface area contributed by atoms with Crippen molar-refractivity contribution >= 4 is 17.5 Å². The average Bonchev–Trinajstić information content (AvgIpc) is 2.61. The van der Waals surface area contributed by atoms with Crippen molar-refractivity contribution in [1.29, 1.82) is 0 Å². The van der Waals surface area contributed by atoms with Crippen LogP contribution in [0.25, 0.3) is 0 Å². The molecule has 26 heavy (non-hydrogen) atoms. The van der Waals surface area contributed by atoms with Crippen molar-refractivity contribution in [2.45, 2.75) is 27.3 Å². The van der Waals surface area contributed by atoms with Crippen molar-refractivity contribution in [2.24, 2.45) is 0 Å². The molecular formula is C21H22N4O. The number of carbonyl (C=O) groups excluding carboxylic acids is 1. The van der Waals surface area contributed by atoms with Crippen molar-refractivity contribution in [2.75, 3.05) is 5.32 Å². The summed E-state index contributed by atoms with van der Waals surface area (Å²) < 4.78 is 0. The number of hydrogen-bond acceptors (Lipinski definition) is 4. The van der Waals surface area contributed by atoms with E-state index in [2.05, 4.69) is 26.7 Å². The molecule has 3 aromatic rings. The molecule has 1 heterocycles. The molecule has 1 aromatic heterocycles. The number of benzene rings is 2. The second-order valence-electron chi connectivity index (χ2n) is 6.47. The van der Waals surface area contributed by atoms with Crippen molar-refractivity contribution in [1.82, 2.24) is 15.3 Å². The van der Waals surface area contributed by atoms with Crippen LogP contribution in [0.3, 0.4) is 0 Å². The van der Waals surface area contributed by atoms with Gasteiger partial charge in [0.05, 0.1) is 5.56 Å². The molecule has 0 aliphatic rings. The summed E-state index contributed by atoms with van der Waals surface area (Å²) in [7, 11) is 0. The number of rotatable bonds is 5. The quantitative estimate of drug-likeness (QED) is 0.731. The molecular weight excluding hydrogens is 324 g/mol. The molecule has 132 valence electrons. The van der Waals surface area contributed by atoms with Crippen LogP contribution in [-0.4, -0.2) is 15.9 Å². The molecule has 0 saturated carbocycles. The number of amides is 1. The van der Waals surface area contributed by atoms with E-state index >= 15 is 0 Å². The monoisotopic (exact) mass is 346 g/mol. The zero-order chi connectivity index (χ0) is 18.5. The van der Waals surface area contributed by atoms with E-state index in [1.54, 1.807) is 0 Å². The maximum atomic E-state index is 12.2. The van der Waals surface area contributed by atoms with Crippen LogP contribution >= 0.6 is 0 Å². The number of nitrogens with zero attached hydrogens (tertiary/aromatic N) is 2. The molecule has 0 aliphatic carbocycles. The first kappa shape index (κ1) is 17.6. The standard InChI is InChI=1S/C21H22N4O/c1-14-4-6-17(7-5-14)11-22-20(26)18-12-23-21(24-13-18)25-19-9-15(2)8-16(3)10-19/h4-10,12-13H,11H2,1-3H3,(H,22,26)(H,23,24,25). The summed E-state index contributed by atoms with van der Waals surface area (Å²) in [4.78, 5) is 20.7. The molecule has 5 nitrogen and oxygen atoms in total. The second-order valence-corrected chi connectivity index (χ2v) is 6.47. The van der Waals surface area contributed by atoms with E-state index in [0.717, 1.165) is 11.3 Å². The first-order chi connectivity index (χ1) is 12.5. The highest BCUT2D eigenvalue weighted by molar-refractivity contribution is 5.93. The Labute approximate surface area is 153 Å². The third-order valence-corrected chi connectivity index (χ3v) is 3.97. The van der Waals surface area contributed by atoms with Gasteiger partial charge in [-0.25, -0.2) is 9.97 Å². The van der Waals surface area contributed by atoms with E-state index in [9.17, 15) is 4.79 Å². The topological polar surface area (TPSA) is 66.9 Å². The number of hydrogen-bond donors (Lipinski definition) is 2. The van der Waals surface area contributed by atoms with E-state index in [4.69, 9.17) is 0 Å². The van der Waals surface area contributed by atoms with Gasteiger partial charge in [0.15, 0.2) is 0 Å². The minimum Gasteiger partial charge on any atom is -0.348 e. The highest BCUT2D eigenvalue weighted by atomic mass is 16.1. The van der Waals surface area contributed by atoms with Gasteiger partial charge in [0.1, 0.15) is 0 Å². The van der Waals surface area contributed by atoms with Crippen LogP contribution in [0.5, 0.6) is 0 Å². The van der Waals surface area contributed by atoms with Crippen molar-refractivity contribution in [3.05, 3.63) is 82.7 Å². The van der Waals surface area contributed by atoms with Crippen molar-refractivity contribution in [3.63, 3.8) is 0 Å². The molecule has 0 atom stereocenters. The Hall–Kier alpha value is -3.21. The molecule has 0 bridgehead atoms. The highest BCUT2D eigenvalue weighted by Crippen LogP contribution is 2.17. The fourth-order valence-electron chi connectivity index (χ4n) is 2.68. The summed E-state index contributed by atoms with van der Waals surface area (Å²) in [5.74, 6) is 0.272. The minimum absolute atomic E-state index is 0.191. The molecule has 0 unspecified atom stereocenters. The smallest absolute Gasteiger partial charge is 0.254 e. The maximum Gasteiger partial charge on any atom is 0.254 e. The molecule has 0 aliphatic heterocycles. The Morgan fingerprint density at radius 1 is 0.885 bits per heavy atom. The van der Waals surface area contributed by atoms with Gasteiger partial charge in [-0.2, -0.15) is 0 Å². The summed E-state index contributed by atoms with van der Waals surface area (Å²) in [5, 5.41) is 6.04. The van der Waals surface area contributed by atoms with Crippen molar-refractivity contribution in [3.8, 4) is 0 Å². The molecule has 2 N–H and O–H groups in total. The summed E-state index contributed by atoms with van der Waals surface area (Å²) in [6.07, 6.45) is 3.06. The predicted octanol–water partition coefficient (Wildman–Crippen LogP) is 4.08. The molecule has 0 saturated heterocycles. The van der Waals surface area contributed by atoms with E-state index in [0.29, 0.717) is 18.1 Å². The van der Waals surface area contributed by atoms with Gasteiger partial charge >= 0.3 is 0 Å². The summed E-state index contributed by atoms with van der Waals surface area (Å²) in [6, 6.07) is 14.2. The largest absolute Gasteiger partial charge is 0.348 e. The van der Waals surface area contributed by atoms with Gasteiger partial charge in [0, 0.05) is 24.6 Å². The summed E-state index contributed by atoms with van der Waals surface area (Å²) in [5.41, 5.74) is 5.94. The Morgan fingerprint density at radius 2 is 1.50 bits per heavy atom. The first-order valence-corrected chi connectivity index (χ1v) is 8.51. The predicted molar refractivity (Wildman–Crippen MR) is 104 cm³/mol. The van der Waals surface area contributed by atoms with Crippen molar-refractivity contribution < 1.29 is 4.79 Å². The average molecular weight is 346 g/mol. The third-order valence-electron chi connectivity index (χ3n) is 3.97. The lowest BCUT2D eigenvalue weighted by Crippen LogP contribution is -2.23. The Balaban J connectivity index is 1.61. The van der Waals surface area contributed by atoms with Crippen LogP contribution in [0.2, 0.25) is 0 Å². The lowest BCUT2D eigenvalue weighted by molar-refractivity contribution is 0.0950. The normalized spacial score (nSPS) is 10.4. The van der Waals surface area contributed by atoms with Gasteiger partial charge in [-0.05, 0) is 49.6 Å². The molecule has 5 heteroatoms. The minimum atomic E-state index is -0.191. The van der Waals surface area contributed by atoms with E-state index < -0.39 is 0 Å². The molecule has 0 radical (unpaired) electrons. The Morgan fingerprint density at radius 3 is 2.12 bits per heavy atom. The molecule has 3 rings (SSSR count). The highest BCUT2D eigenvalue weighted by Gasteiger charge is 2.07. The van der Waals surface area contributed by atoms with Gasteiger partial charge in [0.25, 0.3) is 5.91 Å². The van der Waals surface area contributed by atoms with E-state index in [1.165, 1.54) is 29.1 Å². The van der Waals surface area contributed by atoms with Crippen LogP contribution in [0, 0.1) is 20.8 Å². The molecule has 1 amide bonds. The number of aryl methyl sites for hydroxylation is 3. The van der Waals surface area contributed by atoms with Gasteiger partial charge in [-0.15, -0.1) is 0 Å². The number of anilines is 2.